The lowest BCUT2D eigenvalue weighted by Gasteiger charge is -2.19. The zero-order chi connectivity index (χ0) is 9.03. The fraction of sp³-hybridized carbons (Fsp3) is 1.00. The van der Waals surface area contributed by atoms with Crippen LogP contribution < -0.4 is 5.32 Å². The van der Waals surface area contributed by atoms with Gasteiger partial charge in [-0.1, -0.05) is 0 Å². The molecule has 0 spiro atoms. The summed E-state index contributed by atoms with van der Waals surface area (Å²) in [4.78, 5) is 0. The van der Waals surface area contributed by atoms with Crippen molar-refractivity contribution < 1.29 is 13.5 Å². The van der Waals surface area contributed by atoms with Crippen molar-refractivity contribution in [2.24, 2.45) is 0 Å². The number of nitrogens with one attached hydrogen (secondary N) is 1. The molecule has 1 aliphatic heterocycles. The van der Waals surface area contributed by atoms with Crippen LogP contribution >= 0.6 is 0 Å². The fourth-order valence-corrected chi connectivity index (χ4v) is 1.47. The third-order valence-electron chi connectivity index (χ3n) is 1.99. The molecule has 0 radical (unpaired) electrons. The van der Waals surface area contributed by atoms with E-state index in [0.29, 0.717) is 6.61 Å². The Kier molecular flexibility index (Phi) is 3.40. The first kappa shape index (κ1) is 9.86. The Hall–Kier alpha value is -0.220. The molecule has 0 aromatic carbocycles. The van der Waals surface area contributed by atoms with Gasteiger partial charge in [0, 0.05) is 13.0 Å². The summed E-state index contributed by atoms with van der Waals surface area (Å²) in [6.45, 7) is 0.382. The maximum absolute atomic E-state index is 12.9. The van der Waals surface area contributed by atoms with Crippen molar-refractivity contribution in [2.75, 3.05) is 20.2 Å². The molecule has 0 saturated carbocycles. The van der Waals surface area contributed by atoms with Crippen molar-refractivity contribution in [1.29, 1.82) is 0 Å². The van der Waals surface area contributed by atoms with Crippen LogP contribution in [0.4, 0.5) is 8.78 Å². The number of ether oxygens (including phenoxy) is 1. The molecule has 0 bridgehead atoms. The molecule has 0 amide bonds. The van der Waals surface area contributed by atoms with E-state index in [2.05, 4.69) is 5.32 Å². The molecule has 1 aliphatic rings. The molecule has 0 aromatic heterocycles. The van der Waals surface area contributed by atoms with E-state index >= 15 is 0 Å². The summed E-state index contributed by atoms with van der Waals surface area (Å²) < 4.78 is 31.0. The lowest BCUT2D eigenvalue weighted by atomic mass is 10.1. The van der Waals surface area contributed by atoms with Crippen LogP contribution in [0.25, 0.3) is 0 Å². The van der Waals surface area contributed by atoms with Crippen LogP contribution in [0.2, 0.25) is 0 Å². The molecule has 1 heterocycles. The van der Waals surface area contributed by atoms with E-state index < -0.39 is 5.92 Å². The highest BCUT2D eigenvalue weighted by atomic mass is 19.3. The van der Waals surface area contributed by atoms with Gasteiger partial charge >= 0.3 is 0 Å². The first-order valence-electron chi connectivity index (χ1n) is 4.28. The third-order valence-corrected chi connectivity index (χ3v) is 1.99. The lowest BCUT2D eigenvalue weighted by Crippen LogP contribution is -2.34. The standard InChI is InChI=1S/C8H15F2NO/c1-11-6-8(9,10)5-7-3-2-4-12-7/h7,11H,2-6H2,1H3. The van der Waals surface area contributed by atoms with Gasteiger partial charge < -0.3 is 10.1 Å². The quantitative estimate of drug-likeness (QED) is 0.704. The molecule has 1 N–H and O–H groups in total. The van der Waals surface area contributed by atoms with Crippen molar-refractivity contribution in [2.45, 2.75) is 31.3 Å². The summed E-state index contributed by atoms with van der Waals surface area (Å²) in [6.07, 6.45) is 1.32. The van der Waals surface area contributed by atoms with Crippen LogP contribution in [-0.4, -0.2) is 32.2 Å². The Bertz CT molecular complexity index is 135. The molecule has 1 atom stereocenters. The molecule has 4 heteroatoms. The van der Waals surface area contributed by atoms with Gasteiger partial charge in [0.1, 0.15) is 0 Å². The molecule has 2 nitrogen and oxygen atoms in total. The highest BCUT2D eigenvalue weighted by molar-refractivity contribution is 4.76. The minimum atomic E-state index is -2.62. The van der Waals surface area contributed by atoms with Crippen LogP contribution in [0, 0.1) is 0 Å². The SMILES string of the molecule is CNCC(F)(F)CC1CCCO1. The number of hydrogen-bond acceptors (Lipinski definition) is 2. The molecule has 72 valence electrons. The third kappa shape index (κ3) is 3.03. The van der Waals surface area contributed by atoms with Gasteiger partial charge in [-0.2, -0.15) is 0 Å². The zero-order valence-corrected chi connectivity index (χ0v) is 7.28. The predicted molar refractivity (Wildman–Crippen MR) is 42.5 cm³/mol. The van der Waals surface area contributed by atoms with Crippen molar-refractivity contribution in [1.82, 2.24) is 5.32 Å². The van der Waals surface area contributed by atoms with Crippen molar-refractivity contribution in [3.8, 4) is 0 Å². The molecule has 1 fully saturated rings. The summed E-state index contributed by atoms with van der Waals surface area (Å²) in [7, 11) is 1.53. The van der Waals surface area contributed by atoms with Gasteiger partial charge in [0.15, 0.2) is 0 Å². The second kappa shape index (κ2) is 4.14. The lowest BCUT2D eigenvalue weighted by molar-refractivity contribution is -0.0471. The molecule has 0 aromatic rings. The minimum absolute atomic E-state index is 0.145. The smallest absolute Gasteiger partial charge is 0.262 e. The van der Waals surface area contributed by atoms with E-state index in [1.54, 1.807) is 0 Å². The zero-order valence-electron chi connectivity index (χ0n) is 7.28. The van der Waals surface area contributed by atoms with Crippen LogP contribution in [0.1, 0.15) is 19.3 Å². The number of halogens is 2. The largest absolute Gasteiger partial charge is 0.378 e. The molecule has 12 heavy (non-hydrogen) atoms. The number of hydrogen-bond donors (Lipinski definition) is 1. The van der Waals surface area contributed by atoms with E-state index in [0.717, 1.165) is 12.8 Å². The summed E-state index contributed by atoms with van der Waals surface area (Å²) in [5.74, 6) is -2.62. The summed E-state index contributed by atoms with van der Waals surface area (Å²) in [5.41, 5.74) is 0. The second-order valence-electron chi connectivity index (χ2n) is 3.23. The van der Waals surface area contributed by atoms with E-state index in [1.165, 1.54) is 7.05 Å². The van der Waals surface area contributed by atoms with Crippen molar-refractivity contribution >= 4 is 0 Å². The Balaban J connectivity index is 2.27. The number of rotatable bonds is 4. The molecular weight excluding hydrogens is 164 g/mol. The molecule has 1 saturated heterocycles. The second-order valence-corrected chi connectivity index (χ2v) is 3.23. The fourth-order valence-electron chi connectivity index (χ4n) is 1.47. The van der Waals surface area contributed by atoms with Gasteiger partial charge in [-0.05, 0) is 19.9 Å². The summed E-state index contributed by atoms with van der Waals surface area (Å²) >= 11 is 0. The minimum Gasteiger partial charge on any atom is -0.378 e. The van der Waals surface area contributed by atoms with E-state index in [4.69, 9.17) is 4.74 Å². The van der Waals surface area contributed by atoms with E-state index in [-0.39, 0.29) is 19.1 Å². The van der Waals surface area contributed by atoms with E-state index in [9.17, 15) is 8.78 Å². The topological polar surface area (TPSA) is 21.3 Å². The van der Waals surface area contributed by atoms with Crippen molar-refractivity contribution in [3.05, 3.63) is 0 Å². The Morgan fingerprint density at radius 3 is 2.83 bits per heavy atom. The van der Waals surface area contributed by atoms with E-state index in [1.807, 2.05) is 0 Å². The van der Waals surface area contributed by atoms with Gasteiger partial charge in [0.25, 0.3) is 5.92 Å². The van der Waals surface area contributed by atoms with Crippen molar-refractivity contribution in [3.63, 3.8) is 0 Å². The van der Waals surface area contributed by atoms with Gasteiger partial charge in [-0.3, -0.25) is 0 Å². The highest BCUT2D eigenvalue weighted by Gasteiger charge is 2.33. The average molecular weight is 179 g/mol. The molecule has 0 aliphatic carbocycles. The normalized spacial score (nSPS) is 24.8. The Morgan fingerprint density at radius 2 is 2.33 bits per heavy atom. The van der Waals surface area contributed by atoms with Crippen LogP contribution in [-0.2, 0) is 4.74 Å². The monoisotopic (exact) mass is 179 g/mol. The Morgan fingerprint density at radius 1 is 1.58 bits per heavy atom. The average Bonchev–Trinajstić information content (AvgIpc) is 2.38. The molecule has 1 unspecified atom stereocenters. The maximum Gasteiger partial charge on any atom is 0.262 e. The first-order chi connectivity index (χ1) is 5.64. The van der Waals surface area contributed by atoms with Crippen LogP contribution in [0.5, 0.6) is 0 Å². The Labute approximate surface area is 71.3 Å². The maximum atomic E-state index is 12.9. The van der Waals surface area contributed by atoms with Gasteiger partial charge in [-0.15, -0.1) is 0 Å². The summed E-state index contributed by atoms with van der Waals surface area (Å²) in [6, 6.07) is 0. The molecular formula is C8H15F2NO. The number of alkyl halides is 2. The van der Waals surface area contributed by atoms with Crippen LogP contribution in [0.3, 0.4) is 0 Å². The van der Waals surface area contributed by atoms with Gasteiger partial charge in [-0.25, -0.2) is 8.78 Å². The predicted octanol–water partition coefficient (Wildman–Crippen LogP) is 1.41. The van der Waals surface area contributed by atoms with Gasteiger partial charge in [0.05, 0.1) is 12.6 Å². The summed E-state index contributed by atoms with van der Waals surface area (Å²) in [5, 5.41) is 2.48. The van der Waals surface area contributed by atoms with Gasteiger partial charge in [0.2, 0.25) is 0 Å². The van der Waals surface area contributed by atoms with Crippen LogP contribution in [0.15, 0.2) is 0 Å². The first-order valence-corrected chi connectivity index (χ1v) is 4.28. The molecule has 1 rings (SSSR count). The highest BCUT2D eigenvalue weighted by Crippen LogP contribution is 2.26.